The number of aryl methyl sites for hydroxylation is 1. The van der Waals surface area contributed by atoms with Gasteiger partial charge >= 0.3 is 5.69 Å². The summed E-state index contributed by atoms with van der Waals surface area (Å²) in [5.41, 5.74) is 7.94. The number of nitrogens with one attached hydrogen (secondary N) is 1. The Labute approximate surface area is 98.3 Å². The maximum atomic E-state index is 11.3. The Bertz CT molecular complexity index is 605. The van der Waals surface area contributed by atoms with E-state index in [4.69, 9.17) is 10.5 Å². The van der Waals surface area contributed by atoms with E-state index >= 15 is 0 Å². The molecular formula is C12H13N3O2. The smallest absolute Gasteiger partial charge is 0.345 e. The molecule has 5 nitrogen and oxygen atoms in total. The Balaban J connectivity index is 2.66. The van der Waals surface area contributed by atoms with Gasteiger partial charge in [0.2, 0.25) is 0 Å². The van der Waals surface area contributed by atoms with Crippen LogP contribution >= 0.6 is 0 Å². The average Bonchev–Trinajstić information content (AvgIpc) is 2.27. The summed E-state index contributed by atoms with van der Waals surface area (Å²) in [6.45, 7) is 1.80. The molecule has 0 atom stereocenters. The second kappa shape index (κ2) is 4.29. The van der Waals surface area contributed by atoms with E-state index < -0.39 is 0 Å². The second-order valence-corrected chi connectivity index (χ2v) is 3.71. The topological polar surface area (TPSA) is 81.0 Å². The van der Waals surface area contributed by atoms with Crippen LogP contribution in [-0.2, 0) is 0 Å². The Kier molecular flexibility index (Phi) is 2.82. The molecule has 0 radical (unpaired) electrons. The van der Waals surface area contributed by atoms with Crippen LogP contribution in [0.5, 0.6) is 5.75 Å². The summed E-state index contributed by atoms with van der Waals surface area (Å²) in [6.07, 6.45) is 0. The van der Waals surface area contributed by atoms with Gasteiger partial charge in [-0.3, -0.25) is 0 Å². The summed E-state index contributed by atoms with van der Waals surface area (Å²) in [5.74, 6) is 0.636. The summed E-state index contributed by atoms with van der Waals surface area (Å²) in [5, 5.41) is 0. The monoisotopic (exact) mass is 231 g/mol. The van der Waals surface area contributed by atoms with Crippen molar-refractivity contribution < 1.29 is 4.74 Å². The normalized spacial score (nSPS) is 10.2. The van der Waals surface area contributed by atoms with Gasteiger partial charge in [0.25, 0.3) is 0 Å². The third-order valence-corrected chi connectivity index (χ3v) is 2.38. The third kappa shape index (κ3) is 2.28. The predicted octanol–water partition coefficient (Wildman–Crippen LogP) is 1.34. The molecule has 0 fully saturated rings. The molecule has 1 heterocycles. The van der Waals surface area contributed by atoms with Crippen molar-refractivity contribution in [1.29, 1.82) is 0 Å². The fourth-order valence-electron chi connectivity index (χ4n) is 1.64. The van der Waals surface area contributed by atoms with Gasteiger partial charge in [0, 0.05) is 16.9 Å². The lowest BCUT2D eigenvalue weighted by molar-refractivity contribution is 0.416. The van der Waals surface area contributed by atoms with Crippen molar-refractivity contribution in [2.45, 2.75) is 6.92 Å². The van der Waals surface area contributed by atoms with Crippen molar-refractivity contribution in [3.05, 3.63) is 40.4 Å². The number of hydrogen-bond acceptors (Lipinski definition) is 4. The van der Waals surface area contributed by atoms with Crippen LogP contribution in [0.1, 0.15) is 5.69 Å². The number of rotatable bonds is 2. The van der Waals surface area contributed by atoms with Gasteiger partial charge in [-0.25, -0.2) is 4.79 Å². The Hall–Kier alpha value is -2.30. The standard InChI is InChI=1S/C12H13N3O2/c1-7-5-10(15-12(16)14-7)9-6-8(13)3-4-11(9)17-2/h3-6H,13H2,1-2H3,(H,14,15,16). The van der Waals surface area contributed by atoms with Crippen molar-refractivity contribution in [2.24, 2.45) is 0 Å². The average molecular weight is 231 g/mol. The molecule has 0 saturated heterocycles. The number of nitrogen functional groups attached to an aromatic ring is 1. The van der Waals surface area contributed by atoms with E-state index in [1.807, 2.05) is 0 Å². The molecular weight excluding hydrogens is 218 g/mol. The van der Waals surface area contributed by atoms with E-state index in [1.165, 1.54) is 0 Å². The fraction of sp³-hybridized carbons (Fsp3) is 0.167. The molecule has 0 bridgehead atoms. The van der Waals surface area contributed by atoms with Crippen LogP contribution in [0, 0.1) is 6.92 Å². The number of benzene rings is 1. The van der Waals surface area contributed by atoms with Gasteiger partial charge in [-0.2, -0.15) is 4.98 Å². The van der Waals surface area contributed by atoms with Crippen LogP contribution in [-0.4, -0.2) is 17.1 Å². The molecule has 0 unspecified atom stereocenters. The van der Waals surface area contributed by atoms with E-state index in [1.54, 1.807) is 38.3 Å². The molecule has 88 valence electrons. The summed E-state index contributed by atoms with van der Waals surface area (Å²) >= 11 is 0. The number of methoxy groups -OCH3 is 1. The number of ether oxygens (including phenoxy) is 1. The third-order valence-electron chi connectivity index (χ3n) is 2.38. The highest BCUT2D eigenvalue weighted by molar-refractivity contribution is 5.71. The highest BCUT2D eigenvalue weighted by Gasteiger charge is 2.08. The maximum absolute atomic E-state index is 11.3. The Morgan fingerprint density at radius 3 is 2.76 bits per heavy atom. The maximum Gasteiger partial charge on any atom is 0.345 e. The molecule has 5 heteroatoms. The first-order valence-corrected chi connectivity index (χ1v) is 5.12. The van der Waals surface area contributed by atoms with Crippen molar-refractivity contribution in [1.82, 2.24) is 9.97 Å². The lowest BCUT2D eigenvalue weighted by Crippen LogP contribution is -2.12. The molecule has 17 heavy (non-hydrogen) atoms. The number of hydrogen-bond donors (Lipinski definition) is 2. The minimum Gasteiger partial charge on any atom is -0.496 e. The van der Waals surface area contributed by atoms with Gasteiger partial charge in [-0.15, -0.1) is 0 Å². The lowest BCUT2D eigenvalue weighted by Gasteiger charge is -2.08. The predicted molar refractivity (Wildman–Crippen MR) is 66.0 cm³/mol. The number of nitrogens with zero attached hydrogens (tertiary/aromatic N) is 1. The van der Waals surface area contributed by atoms with Gasteiger partial charge < -0.3 is 15.5 Å². The number of aromatic amines is 1. The minimum atomic E-state index is -0.385. The van der Waals surface area contributed by atoms with Gasteiger partial charge in [0.1, 0.15) is 5.75 Å². The summed E-state index contributed by atoms with van der Waals surface area (Å²) in [7, 11) is 1.56. The van der Waals surface area contributed by atoms with Gasteiger partial charge in [0.05, 0.1) is 12.8 Å². The Morgan fingerprint density at radius 2 is 2.12 bits per heavy atom. The number of aromatic nitrogens is 2. The Morgan fingerprint density at radius 1 is 1.35 bits per heavy atom. The summed E-state index contributed by atoms with van der Waals surface area (Å²) in [4.78, 5) is 17.8. The highest BCUT2D eigenvalue weighted by atomic mass is 16.5. The molecule has 0 spiro atoms. The van der Waals surface area contributed by atoms with Crippen molar-refractivity contribution in [3.8, 4) is 17.0 Å². The van der Waals surface area contributed by atoms with E-state index in [0.29, 0.717) is 22.7 Å². The lowest BCUT2D eigenvalue weighted by atomic mass is 10.1. The van der Waals surface area contributed by atoms with Crippen LogP contribution in [0.3, 0.4) is 0 Å². The zero-order chi connectivity index (χ0) is 12.4. The zero-order valence-electron chi connectivity index (χ0n) is 9.65. The van der Waals surface area contributed by atoms with Crippen LogP contribution in [0.25, 0.3) is 11.3 Å². The molecule has 0 aliphatic rings. The first kappa shape index (κ1) is 11.2. The molecule has 3 N–H and O–H groups in total. The minimum absolute atomic E-state index is 0.385. The first-order valence-electron chi connectivity index (χ1n) is 5.12. The summed E-state index contributed by atoms with van der Waals surface area (Å²) < 4.78 is 5.23. The molecule has 1 aromatic carbocycles. The molecule has 0 aliphatic heterocycles. The number of anilines is 1. The van der Waals surface area contributed by atoms with Crippen molar-refractivity contribution >= 4 is 5.69 Å². The quantitative estimate of drug-likeness (QED) is 0.764. The fourth-order valence-corrected chi connectivity index (χ4v) is 1.64. The molecule has 0 amide bonds. The van der Waals surface area contributed by atoms with E-state index in [9.17, 15) is 4.79 Å². The zero-order valence-corrected chi connectivity index (χ0v) is 9.65. The van der Waals surface area contributed by atoms with Gasteiger partial charge in [-0.05, 0) is 31.2 Å². The second-order valence-electron chi connectivity index (χ2n) is 3.71. The highest BCUT2D eigenvalue weighted by Crippen LogP contribution is 2.29. The van der Waals surface area contributed by atoms with E-state index in [2.05, 4.69) is 9.97 Å². The van der Waals surface area contributed by atoms with E-state index in [-0.39, 0.29) is 5.69 Å². The number of nitrogens with two attached hydrogens (primary N) is 1. The molecule has 2 aromatic rings. The molecule has 0 saturated carbocycles. The molecule has 0 aliphatic carbocycles. The largest absolute Gasteiger partial charge is 0.496 e. The number of H-pyrrole nitrogens is 1. The molecule has 1 aromatic heterocycles. The van der Waals surface area contributed by atoms with Crippen molar-refractivity contribution in [2.75, 3.05) is 12.8 Å². The van der Waals surface area contributed by atoms with Crippen LogP contribution in [0.15, 0.2) is 29.1 Å². The van der Waals surface area contributed by atoms with Gasteiger partial charge in [-0.1, -0.05) is 0 Å². The van der Waals surface area contributed by atoms with Crippen LogP contribution in [0.4, 0.5) is 5.69 Å². The van der Waals surface area contributed by atoms with Gasteiger partial charge in [0.15, 0.2) is 0 Å². The van der Waals surface area contributed by atoms with Crippen LogP contribution < -0.4 is 16.2 Å². The van der Waals surface area contributed by atoms with E-state index in [0.717, 1.165) is 5.69 Å². The summed E-state index contributed by atoms with van der Waals surface area (Å²) in [6, 6.07) is 7.00. The molecule has 2 rings (SSSR count). The first-order chi connectivity index (χ1) is 8.10. The van der Waals surface area contributed by atoms with Crippen LogP contribution in [0.2, 0.25) is 0 Å². The SMILES string of the molecule is COc1ccc(N)cc1-c1cc(C)[nH]c(=O)n1. The van der Waals surface area contributed by atoms with Crippen molar-refractivity contribution in [3.63, 3.8) is 0 Å².